The SMILES string of the molecule is C[C@]12CCC3C(CC[C@H]4C[C@H](O)CC[C@]34C)C1CCC2=NNC(=O)c1cccc([N+](=O)[O-])c1. The molecule has 4 saturated carbocycles. The van der Waals surface area contributed by atoms with E-state index in [4.69, 9.17) is 0 Å². The van der Waals surface area contributed by atoms with Crippen LogP contribution in [0.1, 0.15) is 82.0 Å². The number of nitrogens with zero attached hydrogens (tertiary/aromatic N) is 2. The Morgan fingerprint density at radius 2 is 1.97 bits per heavy atom. The van der Waals surface area contributed by atoms with Gasteiger partial charge in [-0.25, -0.2) is 5.43 Å². The number of nitrogens with one attached hydrogen (secondary N) is 1. The number of rotatable bonds is 3. The zero-order valence-electron chi connectivity index (χ0n) is 19.6. The van der Waals surface area contributed by atoms with Crippen molar-refractivity contribution < 1.29 is 14.8 Å². The molecule has 0 heterocycles. The summed E-state index contributed by atoms with van der Waals surface area (Å²) >= 11 is 0. The molecule has 4 aliphatic rings. The van der Waals surface area contributed by atoms with Crippen LogP contribution in [0.2, 0.25) is 0 Å². The number of hydrazone groups is 1. The second kappa shape index (κ2) is 8.19. The summed E-state index contributed by atoms with van der Waals surface area (Å²) < 4.78 is 0. The van der Waals surface area contributed by atoms with Crippen molar-refractivity contribution in [3.05, 3.63) is 39.9 Å². The summed E-state index contributed by atoms with van der Waals surface area (Å²) in [6.45, 7) is 4.82. The number of aliphatic hydroxyl groups excluding tert-OH is 1. The standard InChI is InChI=1S/C26H35N3O4/c1-25-12-10-19(30)15-17(25)6-7-20-21-8-9-23(26(21,2)13-11-22(20)25)27-28-24(31)16-4-3-5-18(14-16)29(32)33/h3-5,14,17,19-22,30H,6-13,15H2,1-2H3,(H,28,31)/t17-,19+,20?,21?,22?,25-,26-/m0/s1. The highest BCUT2D eigenvalue weighted by Crippen LogP contribution is 2.65. The molecule has 1 aromatic carbocycles. The number of amides is 1. The predicted octanol–water partition coefficient (Wildman–Crippen LogP) is 5.08. The molecule has 0 saturated heterocycles. The van der Waals surface area contributed by atoms with Crippen LogP contribution in [0.3, 0.4) is 0 Å². The first-order valence-corrected chi connectivity index (χ1v) is 12.5. The molecule has 3 unspecified atom stereocenters. The number of nitro benzene ring substituents is 1. The molecule has 1 aromatic rings. The Morgan fingerprint density at radius 3 is 2.76 bits per heavy atom. The van der Waals surface area contributed by atoms with Gasteiger partial charge < -0.3 is 5.11 Å². The highest BCUT2D eigenvalue weighted by Gasteiger charge is 2.59. The van der Waals surface area contributed by atoms with Crippen LogP contribution in [-0.2, 0) is 0 Å². The molecule has 5 rings (SSSR count). The average Bonchev–Trinajstić information content (AvgIpc) is 3.14. The highest BCUT2D eigenvalue weighted by atomic mass is 16.6. The first-order valence-electron chi connectivity index (χ1n) is 12.5. The van der Waals surface area contributed by atoms with Crippen LogP contribution < -0.4 is 5.43 Å². The number of carbonyl (C=O) groups excluding carboxylic acids is 1. The maximum atomic E-state index is 12.6. The Morgan fingerprint density at radius 1 is 1.15 bits per heavy atom. The molecule has 0 aliphatic heterocycles. The van der Waals surface area contributed by atoms with Crippen molar-refractivity contribution in [2.75, 3.05) is 0 Å². The zero-order valence-corrected chi connectivity index (χ0v) is 19.6. The fourth-order valence-corrected chi connectivity index (χ4v) is 8.15. The van der Waals surface area contributed by atoms with Crippen molar-refractivity contribution in [3.63, 3.8) is 0 Å². The first-order chi connectivity index (χ1) is 15.7. The Hall–Kier alpha value is -2.28. The second-order valence-electron chi connectivity index (χ2n) is 11.4. The van der Waals surface area contributed by atoms with E-state index < -0.39 is 10.8 Å². The minimum atomic E-state index is -0.494. The van der Waals surface area contributed by atoms with Crippen molar-refractivity contribution in [3.8, 4) is 0 Å². The number of aliphatic hydroxyl groups is 1. The lowest BCUT2D eigenvalue weighted by atomic mass is 9.45. The van der Waals surface area contributed by atoms with Gasteiger partial charge in [-0.2, -0.15) is 5.10 Å². The molecule has 2 N–H and O–H groups in total. The van der Waals surface area contributed by atoms with Crippen molar-refractivity contribution in [2.45, 2.75) is 77.7 Å². The monoisotopic (exact) mass is 453 g/mol. The van der Waals surface area contributed by atoms with E-state index in [1.807, 2.05) is 0 Å². The van der Waals surface area contributed by atoms with Crippen molar-refractivity contribution in [1.29, 1.82) is 0 Å². The van der Waals surface area contributed by atoms with Gasteiger partial charge in [0.2, 0.25) is 0 Å². The summed E-state index contributed by atoms with van der Waals surface area (Å²) in [4.78, 5) is 23.2. The van der Waals surface area contributed by atoms with Crippen LogP contribution in [0.15, 0.2) is 29.4 Å². The Labute approximate surface area is 195 Å². The smallest absolute Gasteiger partial charge is 0.271 e. The molecule has 4 fully saturated rings. The summed E-state index contributed by atoms with van der Waals surface area (Å²) in [5.74, 6) is 2.26. The van der Waals surface area contributed by atoms with Crippen LogP contribution in [-0.4, -0.2) is 27.8 Å². The topological polar surface area (TPSA) is 105 Å². The van der Waals surface area contributed by atoms with Gasteiger partial charge in [0, 0.05) is 28.8 Å². The van der Waals surface area contributed by atoms with Crippen LogP contribution in [0.4, 0.5) is 5.69 Å². The third kappa shape index (κ3) is 3.69. The van der Waals surface area contributed by atoms with Crippen molar-refractivity contribution in [2.24, 2.45) is 39.6 Å². The number of fused-ring (bicyclic) bond motifs is 5. The summed E-state index contributed by atoms with van der Waals surface area (Å²) in [7, 11) is 0. The van der Waals surface area contributed by atoms with Gasteiger partial charge in [-0.1, -0.05) is 19.9 Å². The van der Waals surface area contributed by atoms with Crippen molar-refractivity contribution in [1.82, 2.24) is 5.43 Å². The lowest BCUT2D eigenvalue weighted by molar-refractivity contribution is -0.384. The maximum absolute atomic E-state index is 12.6. The van der Waals surface area contributed by atoms with Crippen LogP contribution in [0, 0.1) is 44.6 Å². The van der Waals surface area contributed by atoms with E-state index in [2.05, 4.69) is 24.4 Å². The van der Waals surface area contributed by atoms with Crippen molar-refractivity contribution >= 4 is 17.3 Å². The van der Waals surface area contributed by atoms with Gasteiger partial charge in [0.05, 0.1) is 11.0 Å². The van der Waals surface area contributed by atoms with Gasteiger partial charge in [0.25, 0.3) is 11.6 Å². The number of non-ortho nitro benzene ring substituents is 1. The molecule has 178 valence electrons. The molecule has 4 aliphatic carbocycles. The Kier molecular flexibility index (Phi) is 5.58. The zero-order chi connectivity index (χ0) is 23.4. The molecule has 0 radical (unpaired) electrons. The molecule has 1 amide bonds. The molecule has 7 heteroatoms. The van der Waals surface area contributed by atoms with E-state index in [0.29, 0.717) is 23.2 Å². The molecule has 7 nitrogen and oxygen atoms in total. The Bertz CT molecular complexity index is 994. The van der Waals surface area contributed by atoms with Crippen LogP contribution in [0.25, 0.3) is 0 Å². The second-order valence-corrected chi connectivity index (χ2v) is 11.4. The minimum absolute atomic E-state index is 0.00844. The minimum Gasteiger partial charge on any atom is -0.393 e. The van der Waals surface area contributed by atoms with Crippen LogP contribution >= 0.6 is 0 Å². The molecule has 0 aromatic heterocycles. The van der Waals surface area contributed by atoms with Gasteiger partial charge in [0.15, 0.2) is 0 Å². The van der Waals surface area contributed by atoms with E-state index in [9.17, 15) is 20.0 Å². The number of carbonyl (C=O) groups is 1. The lowest BCUT2D eigenvalue weighted by Crippen LogP contribution is -2.54. The third-order valence-electron chi connectivity index (χ3n) is 9.99. The van der Waals surface area contributed by atoms with E-state index in [1.165, 1.54) is 37.5 Å². The van der Waals surface area contributed by atoms with Gasteiger partial charge in [-0.3, -0.25) is 14.9 Å². The third-order valence-corrected chi connectivity index (χ3v) is 9.99. The van der Waals surface area contributed by atoms with Gasteiger partial charge in [0.1, 0.15) is 0 Å². The first kappa shape index (κ1) is 22.5. The lowest BCUT2D eigenvalue weighted by Gasteiger charge is -2.60. The fraction of sp³-hybridized carbons (Fsp3) is 0.692. The molecular formula is C26H35N3O4. The maximum Gasteiger partial charge on any atom is 0.271 e. The number of benzene rings is 1. The predicted molar refractivity (Wildman–Crippen MR) is 126 cm³/mol. The average molecular weight is 454 g/mol. The van der Waals surface area contributed by atoms with Gasteiger partial charge >= 0.3 is 0 Å². The molecule has 0 bridgehead atoms. The summed E-state index contributed by atoms with van der Waals surface area (Å²) in [5, 5.41) is 25.8. The quantitative estimate of drug-likeness (QED) is 0.491. The normalized spacial score (nSPS) is 41.1. The highest BCUT2D eigenvalue weighted by molar-refractivity contribution is 5.97. The fourth-order valence-electron chi connectivity index (χ4n) is 8.15. The number of hydrogen-bond donors (Lipinski definition) is 2. The summed E-state index contributed by atoms with van der Waals surface area (Å²) in [6, 6.07) is 5.77. The van der Waals surface area contributed by atoms with E-state index in [1.54, 1.807) is 6.07 Å². The number of hydrogen-bond acceptors (Lipinski definition) is 5. The van der Waals surface area contributed by atoms with Gasteiger partial charge in [-0.15, -0.1) is 0 Å². The van der Waals surface area contributed by atoms with E-state index >= 15 is 0 Å². The van der Waals surface area contributed by atoms with E-state index in [0.717, 1.165) is 50.2 Å². The molecular weight excluding hydrogens is 418 g/mol. The molecule has 7 atom stereocenters. The molecule has 0 spiro atoms. The Balaban J connectivity index is 1.32. The van der Waals surface area contributed by atoms with Gasteiger partial charge in [-0.05, 0) is 92.9 Å². The molecule has 33 heavy (non-hydrogen) atoms. The van der Waals surface area contributed by atoms with Crippen LogP contribution in [0.5, 0.6) is 0 Å². The largest absolute Gasteiger partial charge is 0.393 e. The van der Waals surface area contributed by atoms with E-state index in [-0.39, 0.29) is 22.8 Å². The summed E-state index contributed by atoms with van der Waals surface area (Å²) in [6.07, 6.45) is 9.70. The number of nitro groups is 1. The summed E-state index contributed by atoms with van der Waals surface area (Å²) in [5.41, 5.74) is 4.28.